The smallest absolute Gasteiger partial charge is 0.360 e. The molecule has 1 aliphatic heterocycles. The van der Waals surface area contributed by atoms with Crippen LogP contribution in [0.15, 0.2) is 0 Å². The molecule has 2 atom stereocenters. The van der Waals surface area contributed by atoms with E-state index in [1.54, 1.807) is 6.92 Å². The molecule has 1 amide bonds. The third kappa shape index (κ3) is 3.04. The van der Waals surface area contributed by atoms with E-state index < -0.39 is 5.97 Å². The zero-order chi connectivity index (χ0) is 17.4. The number of carbonyl (C=O) groups is 2. The van der Waals surface area contributed by atoms with Crippen molar-refractivity contribution in [1.29, 1.82) is 0 Å². The molecular weight excluding hydrogens is 320 g/mol. The van der Waals surface area contributed by atoms with Gasteiger partial charge in [0.05, 0.1) is 12.6 Å². The van der Waals surface area contributed by atoms with Crippen molar-refractivity contribution in [1.82, 2.24) is 20.3 Å². The van der Waals surface area contributed by atoms with E-state index in [9.17, 15) is 9.59 Å². The van der Waals surface area contributed by atoms with Crippen LogP contribution in [0.2, 0.25) is 0 Å². The molecule has 0 aromatic carbocycles. The van der Waals surface area contributed by atoms with Crippen molar-refractivity contribution < 1.29 is 14.3 Å². The summed E-state index contributed by atoms with van der Waals surface area (Å²) in [6.07, 6.45) is 8.81. The highest BCUT2D eigenvalue weighted by Crippen LogP contribution is 2.58. The summed E-state index contributed by atoms with van der Waals surface area (Å²) < 4.78 is 5.07. The van der Waals surface area contributed by atoms with E-state index in [-0.39, 0.29) is 23.6 Å². The average Bonchev–Trinajstić information content (AvgIpc) is 3.06. The Kier molecular flexibility index (Phi) is 4.25. The van der Waals surface area contributed by atoms with E-state index in [0.717, 1.165) is 38.6 Å². The second-order valence-electron chi connectivity index (χ2n) is 7.76. The fourth-order valence-electron chi connectivity index (χ4n) is 4.66. The lowest BCUT2D eigenvalue weighted by atomic mass is 9.78. The summed E-state index contributed by atoms with van der Waals surface area (Å²) in [6.45, 7) is 2.80. The first-order chi connectivity index (χ1) is 12.1. The van der Waals surface area contributed by atoms with E-state index in [0.29, 0.717) is 17.7 Å². The molecule has 4 rings (SSSR count). The van der Waals surface area contributed by atoms with Gasteiger partial charge in [0.1, 0.15) is 5.69 Å². The standard InChI is InChI=1S/C18H26N4O3/c1-2-25-17(24)15-14(19-21-20-15)13-6-4-10-22(13)16(23)12-5-3-7-18(11-12)8-9-18/h12-13H,2-11H2,1H3,(H,19,20,21). The van der Waals surface area contributed by atoms with Gasteiger partial charge in [0, 0.05) is 12.5 Å². The Hall–Kier alpha value is -1.92. The van der Waals surface area contributed by atoms with E-state index in [1.165, 1.54) is 19.3 Å². The summed E-state index contributed by atoms with van der Waals surface area (Å²) >= 11 is 0. The second kappa shape index (κ2) is 6.42. The van der Waals surface area contributed by atoms with Gasteiger partial charge in [-0.15, -0.1) is 5.10 Å². The summed E-state index contributed by atoms with van der Waals surface area (Å²) in [5.41, 5.74) is 1.24. The number of nitrogens with one attached hydrogen (secondary N) is 1. The number of aromatic amines is 1. The molecule has 7 heteroatoms. The zero-order valence-corrected chi connectivity index (χ0v) is 14.8. The minimum atomic E-state index is -0.472. The van der Waals surface area contributed by atoms with Crippen LogP contribution >= 0.6 is 0 Å². The van der Waals surface area contributed by atoms with Crippen LogP contribution in [0.1, 0.15) is 80.5 Å². The molecule has 0 radical (unpaired) electrons. The molecule has 2 unspecified atom stereocenters. The number of aromatic nitrogens is 3. The molecule has 1 aromatic heterocycles. The van der Waals surface area contributed by atoms with Gasteiger partial charge in [0.2, 0.25) is 5.91 Å². The Morgan fingerprint density at radius 2 is 2.08 bits per heavy atom. The Balaban J connectivity index is 1.52. The predicted molar refractivity (Wildman–Crippen MR) is 89.7 cm³/mol. The SMILES string of the molecule is CCOC(=O)c1n[nH]nc1C1CCCN1C(=O)C1CCCC2(CC2)C1. The molecule has 3 aliphatic rings. The van der Waals surface area contributed by atoms with Crippen LogP contribution in [0.25, 0.3) is 0 Å². The summed E-state index contributed by atoms with van der Waals surface area (Å²) in [4.78, 5) is 27.2. The number of hydrogen-bond acceptors (Lipinski definition) is 5. The third-order valence-corrected chi connectivity index (χ3v) is 6.14. The highest BCUT2D eigenvalue weighted by Gasteiger charge is 2.49. The average molecular weight is 346 g/mol. The van der Waals surface area contributed by atoms with Crippen LogP contribution in [-0.2, 0) is 9.53 Å². The molecule has 2 heterocycles. The molecule has 3 fully saturated rings. The van der Waals surface area contributed by atoms with Gasteiger partial charge in [0.15, 0.2) is 5.69 Å². The number of likely N-dealkylation sites (tertiary alicyclic amines) is 1. The monoisotopic (exact) mass is 346 g/mol. The van der Waals surface area contributed by atoms with Crippen molar-refractivity contribution in [2.24, 2.45) is 11.3 Å². The van der Waals surface area contributed by atoms with E-state index in [2.05, 4.69) is 15.4 Å². The molecule has 1 N–H and O–H groups in total. The zero-order valence-electron chi connectivity index (χ0n) is 14.8. The van der Waals surface area contributed by atoms with Gasteiger partial charge in [0.25, 0.3) is 0 Å². The number of H-pyrrole nitrogens is 1. The van der Waals surface area contributed by atoms with Crippen molar-refractivity contribution in [3.8, 4) is 0 Å². The summed E-state index contributed by atoms with van der Waals surface area (Å²) in [5, 5.41) is 10.7. The normalized spacial score (nSPS) is 27.5. The summed E-state index contributed by atoms with van der Waals surface area (Å²) in [5.74, 6) is -0.0961. The van der Waals surface area contributed by atoms with Crippen LogP contribution in [0.3, 0.4) is 0 Å². The highest BCUT2D eigenvalue weighted by atomic mass is 16.5. The lowest BCUT2D eigenvalue weighted by Crippen LogP contribution is -2.38. The van der Waals surface area contributed by atoms with Crippen LogP contribution in [-0.4, -0.2) is 45.3 Å². The Bertz CT molecular complexity index is 667. The highest BCUT2D eigenvalue weighted by molar-refractivity contribution is 5.89. The lowest BCUT2D eigenvalue weighted by Gasteiger charge is -2.33. The van der Waals surface area contributed by atoms with Gasteiger partial charge in [-0.25, -0.2) is 4.79 Å². The van der Waals surface area contributed by atoms with Gasteiger partial charge in [-0.1, -0.05) is 6.42 Å². The molecule has 136 valence electrons. The topological polar surface area (TPSA) is 88.2 Å². The van der Waals surface area contributed by atoms with Gasteiger partial charge in [-0.3, -0.25) is 4.79 Å². The molecule has 2 saturated carbocycles. The number of carbonyl (C=O) groups excluding carboxylic acids is 2. The quantitative estimate of drug-likeness (QED) is 0.847. The van der Waals surface area contributed by atoms with E-state index >= 15 is 0 Å². The van der Waals surface area contributed by atoms with Gasteiger partial charge in [-0.05, 0) is 57.3 Å². The number of esters is 1. The molecule has 1 aromatic rings. The Morgan fingerprint density at radius 3 is 2.84 bits per heavy atom. The molecule has 25 heavy (non-hydrogen) atoms. The fraction of sp³-hybridized carbons (Fsp3) is 0.778. The van der Waals surface area contributed by atoms with Gasteiger partial charge >= 0.3 is 5.97 Å². The molecule has 7 nitrogen and oxygen atoms in total. The molecular formula is C18H26N4O3. The first-order valence-electron chi connectivity index (χ1n) is 9.52. The Labute approximate surface area is 147 Å². The molecule has 2 aliphatic carbocycles. The Morgan fingerprint density at radius 1 is 1.24 bits per heavy atom. The first kappa shape index (κ1) is 16.5. The number of nitrogens with zero attached hydrogens (tertiary/aromatic N) is 3. The number of ether oxygens (including phenoxy) is 1. The van der Waals surface area contributed by atoms with E-state index in [4.69, 9.17) is 4.74 Å². The summed E-state index contributed by atoms with van der Waals surface area (Å²) in [7, 11) is 0. The maximum atomic E-state index is 13.2. The third-order valence-electron chi connectivity index (χ3n) is 6.14. The van der Waals surface area contributed by atoms with Gasteiger partial charge < -0.3 is 9.64 Å². The van der Waals surface area contributed by atoms with Gasteiger partial charge in [-0.2, -0.15) is 10.3 Å². The minimum Gasteiger partial charge on any atom is -0.461 e. The number of rotatable bonds is 4. The van der Waals surface area contributed by atoms with Crippen LogP contribution in [0.4, 0.5) is 0 Å². The second-order valence-corrected chi connectivity index (χ2v) is 7.76. The van der Waals surface area contributed by atoms with Crippen molar-refractivity contribution >= 4 is 11.9 Å². The molecule has 0 bridgehead atoms. The van der Waals surface area contributed by atoms with Crippen LogP contribution in [0, 0.1) is 11.3 Å². The number of hydrogen-bond donors (Lipinski definition) is 1. The van der Waals surface area contributed by atoms with Crippen molar-refractivity contribution in [2.45, 2.75) is 64.3 Å². The van der Waals surface area contributed by atoms with Crippen LogP contribution < -0.4 is 0 Å². The number of amides is 1. The van der Waals surface area contributed by atoms with Crippen molar-refractivity contribution in [3.63, 3.8) is 0 Å². The minimum absolute atomic E-state index is 0.134. The van der Waals surface area contributed by atoms with E-state index in [1.807, 2.05) is 4.90 Å². The van der Waals surface area contributed by atoms with Crippen molar-refractivity contribution in [3.05, 3.63) is 11.4 Å². The fourth-order valence-corrected chi connectivity index (χ4v) is 4.66. The molecule has 1 spiro atoms. The van der Waals surface area contributed by atoms with Crippen LogP contribution in [0.5, 0.6) is 0 Å². The maximum Gasteiger partial charge on any atom is 0.360 e. The van der Waals surface area contributed by atoms with Crippen molar-refractivity contribution in [2.75, 3.05) is 13.2 Å². The molecule has 1 saturated heterocycles. The largest absolute Gasteiger partial charge is 0.461 e. The maximum absolute atomic E-state index is 13.2. The summed E-state index contributed by atoms with van der Waals surface area (Å²) in [6, 6.07) is -0.164. The lowest BCUT2D eigenvalue weighted by molar-refractivity contribution is -0.138. The predicted octanol–water partition coefficient (Wildman–Crippen LogP) is 2.62. The first-order valence-corrected chi connectivity index (χ1v) is 9.52.